The third-order valence-corrected chi connectivity index (χ3v) is 10.1. The van der Waals surface area contributed by atoms with Gasteiger partial charge in [0, 0.05) is 28.4 Å². The van der Waals surface area contributed by atoms with Crippen LogP contribution < -0.4 is 29.6 Å². The molecule has 2 heterocycles. The van der Waals surface area contributed by atoms with Crippen molar-refractivity contribution in [3.63, 3.8) is 0 Å². The Morgan fingerprint density at radius 3 is 1.95 bits per heavy atom. The molecule has 1 aliphatic heterocycles. The highest BCUT2D eigenvalue weighted by molar-refractivity contribution is 6.02. The molecular weight excluding hydrogens is 730 g/mol. The zero-order valence-electron chi connectivity index (χ0n) is 32.4. The van der Waals surface area contributed by atoms with E-state index in [0.29, 0.717) is 86.7 Å². The molecule has 13 nitrogen and oxygen atoms in total. The maximum Gasteiger partial charge on any atom is 0.255 e. The summed E-state index contributed by atoms with van der Waals surface area (Å²) in [5.74, 6) is 2.75. The number of aliphatic hydroxyl groups is 4. The lowest BCUT2D eigenvalue weighted by Crippen LogP contribution is -2.38. The molecule has 0 fully saturated rings. The monoisotopic (exact) mass is 781 g/mol. The van der Waals surface area contributed by atoms with E-state index < -0.39 is 6.17 Å². The summed E-state index contributed by atoms with van der Waals surface area (Å²) in [6.45, 7) is 0.0664. The summed E-state index contributed by atoms with van der Waals surface area (Å²) in [4.78, 5) is 12.8. The number of unbranched alkanes of at least 4 members (excludes halogenated alkanes) is 6. The van der Waals surface area contributed by atoms with E-state index >= 15 is 0 Å². The maximum atomic E-state index is 12.8. The molecule has 0 spiro atoms. The van der Waals surface area contributed by atoms with E-state index in [2.05, 4.69) is 15.8 Å². The van der Waals surface area contributed by atoms with Crippen LogP contribution in [0.25, 0.3) is 22.6 Å². The number of nitrogens with one attached hydrogen (secondary N) is 2. The van der Waals surface area contributed by atoms with Gasteiger partial charge in [0.05, 0.1) is 59.4 Å². The summed E-state index contributed by atoms with van der Waals surface area (Å²) in [7, 11) is 3.17. The van der Waals surface area contributed by atoms with E-state index in [4.69, 9.17) is 23.5 Å². The first-order valence-electron chi connectivity index (χ1n) is 19.3. The fraction of sp³-hybridized carbons (Fsp3) is 0.364. The molecule has 1 aromatic heterocycles. The highest BCUT2D eigenvalue weighted by Crippen LogP contribution is 2.36. The number of aliphatic hydroxyl groups excluding tert-OH is 4. The van der Waals surface area contributed by atoms with Crippen molar-refractivity contribution in [3.8, 4) is 45.6 Å². The number of hydrogen-bond acceptors (Lipinski definition) is 12. The molecule has 57 heavy (non-hydrogen) atoms. The van der Waals surface area contributed by atoms with Crippen LogP contribution in [0.3, 0.4) is 0 Å². The minimum Gasteiger partial charge on any atom is -0.497 e. The predicted molar refractivity (Wildman–Crippen MR) is 214 cm³/mol. The normalized spacial score (nSPS) is 13.4. The average Bonchev–Trinajstić information content (AvgIpc) is 3.75. The summed E-state index contributed by atoms with van der Waals surface area (Å²) in [6.07, 6.45) is 6.75. The van der Waals surface area contributed by atoms with Crippen molar-refractivity contribution >= 4 is 11.6 Å². The largest absolute Gasteiger partial charge is 0.497 e. The van der Waals surface area contributed by atoms with Gasteiger partial charge in [-0.25, -0.2) is 0 Å². The molecule has 1 atom stereocenters. The Hall–Kier alpha value is -5.60. The van der Waals surface area contributed by atoms with Crippen molar-refractivity contribution in [2.24, 2.45) is 0 Å². The minimum atomic E-state index is -0.437. The number of carbonyl (C=O) groups excluding carboxylic acids is 1. The smallest absolute Gasteiger partial charge is 0.255 e. The highest BCUT2D eigenvalue weighted by Gasteiger charge is 2.26. The van der Waals surface area contributed by atoms with Crippen LogP contribution in [0.4, 0.5) is 5.69 Å². The van der Waals surface area contributed by atoms with Crippen LogP contribution >= 0.6 is 0 Å². The summed E-state index contributed by atoms with van der Waals surface area (Å²) >= 11 is 0. The molecule has 1 unspecified atom stereocenters. The summed E-state index contributed by atoms with van der Waals surface area (Å²) < 4.78 is 28.6. The lowest BCUT2D eigenvalue weighted by Gasteiger charge is -2.29. The van der Waals surface area contributed by atoms with Crippen LogP contribution in [0.1, 0.15) is 89.3 Å². The second kappa shape index (κ2) is 20.0. The Balaban J connectivity index is 0.899. The van der Waals surface area contributed by atoms with Gasteiger partial charge in [-0.1, -0.05) is 43.3 Å². The number of fused-ring (bicyclic) bond motifs is 1. The highest BCUT2D eigenvalue weighted by atomic mass is 16.5. The molecule has 13 heteroatoms. The molecule has 1 amide bonds. The van der Waals surface area contributed by atoms with Gasteiger partial charge >= 0.3 is 0 Å². The van der Waals surface area contributed by atoms with Crippen molar-refractivity contribution < 1.29 is 48.7 Å². The molecule has 0 saturated heterocycles. The van der Waals surface area contributed by atoms with Gasteiger partial charge in [-0.05, 0) is 95.8 Å². The van der Waals surface area contributed by atoms with Gasteiger partial charge in [0.15, 0.2) is 17.3 Å². The van der Waals surface area contributed by atoms with Crippen molar-refractivity contribution in [2.75, 3.05) is 32.8 Å². The van der Waals surface area contributed by atoms with Crippen LogP contribution in [0.5, 0.6) is 23.0 Å². The summed E-state index contributed by atoms with van der Waals surface area (Å²) in [5, 5.41) is 49.9. The van der Waals surface area contributed by atoms with Gasteiger partial charge in [-0.2, -0.15) is 0 Å². The number of ether oxygens (including phenoxy) is 4. The Morgan fingerprint density at radius 2 is 1.30 bits per heavy atom. The number of anilines is 1. The van der Waals surface area contributed by atoms with E-state index in [1.807, 2.05) is 42.5 Å². The standard InChI is InChI=1S/C44H51N3O10/c1-53-34-12-13-37-35(22-34)44(52)46-43(45-37)29-11-14-39(33(18-29)26-50)55-16-8-6-4-3-5-7-9-17-56-42-21-28(10-15-40(42)54-2)38-23-41(57-47-38)30-19-31(24-48)36(27-51)32(20-30)25-49/h10-15,18-23,43,45,48-51H,3-9,16-17,24-27H2,1-2H3,(H,46,52). The number of hydrogen-bond donors (Lipinski definition) is 6. The maximum absolute atomic E-state index is 12.8. The molecule has 6 N–H and O–H groups in total. The molecule has 0 bridgehead atoms. The molecule has 1 aliphatic rings. The van der Waals surface area contributed by atoms with E-state index in [1.165, 1.54) is 0 Å². The lowest BCUT2D eigenvalue weighted by atomic mass is 9.97. The van der Waals surface area contributed by atoms with Gasteiger partial charge in [0.2, 0.25) is 0 Å². The van der Waals surface area contributed by atoms with Crippen molar-refractivity contribution in [1.82, 2.24) is 10.5 Å². The Kier molecular flexibility index (Phi) is 14.4. The van der Waals surface area contributed by atoms with Gasteiger partial charge < -0.3 is 54.5 Å². The number of rotatable bonds is 21. The first kappa shape index (κ1) is 41.0. The number of aromatic nitrogens is 1. The molecule has 6 rings (SSSR count). The minimum absolute atomic E-state index is 0.175. The summed E-state index contributed by atoms with van der Waals surface area (Å²) in [5.41, 5.74) is 6.27. The molecule has 302 valence electrons. The molecule has 5 aromatic rings. The second-order valence-corrected chi connectivity index (χ2v) is 13.8. The topological polar surface area (TPSA) is 185 Å². The number of amides is 1. The van der Waals surface area contributed by atoms with Crippen molar-refractivity contribution in [1.29, 1.82) is 0 Å². The second-order valence-electron chi connectivity index (χ2n) is 13.8. The lowest BCUT2D eigenvalue weighted by molar-refractivity contribution is 0.0935. The molecule has 0 radical (unpaired) electrons. The Bertz CT molecular complexity index is 2090. The van der Waals surface area contributed by atoms with Gasteiger partial charge in [0.25, 0.3) is 5.91 Å². The van der Waals surface area contributed by atoms with Crippen LogP contribution in [0.2, 0.25) is 0 Å². The van der Waals surface area contributed by atoms with Crippen molar-refractivity contribution in [2.45, 2.75) is 77.5 Å². The third-order valence-electron chi connectivity index (χ3n) is 10.1. The first-order valence-corrected chi connectivity index (χ1v) is 19.3. The van der Waals surface area contributed by atoms with E-state index in [-0.39, 0.29) is 32.3 Å². The van der Waals surface area contributed by atoms with E-state index in [0.717, 1.165) is 56.1 Å². The van der Waals surface area contributed by atoms with Crippen LogP contribution in [0.15, 0.2) is 77.3 Å². The fourth-order valence-electron chi connectivity index (χ4n) is 6.95. The third kappa shape index (κ3) is 10.0. The SMILES string of the molecule is COc1ccc2c(c1)C(=O)NC(c1ccc(OCCCCCCCCCOc3cc(-c4cc(-c5cc(CO)c(CO)c(CO)c5)on4)ccc3OC)c(CO)c1)N2. The zero-order chi connectivity index (χ0) is 40.1. The van der Waals surface area contributed by atoms with Gasteiger partial charge in [-0.3, -0.25) is 4.79 Å². The van der Waals surface area contributed by atoms with E-state index in [9.17, 15) is 25.2 Å². The molecule has 0 aliphatic carbocycles. The quantitative estimate of drug-likeness (QED) is 0.0418. The molecule has 4 aromatic carbocycles. The number of nitrogens with zero attached hydrogens (tertiary/aromatic N) is 1. The first-order chi connectivity index (χ1) is 27.9. The molecule has 0 saturated carbocycles. The van der Waals surface area contributed by atoms with Crippen LogP contribution in [0, 0.1) is 0 Å². The Morgan fingerprint density at radius 1 is 0.632 bits per heavy atom. The van der Waals surface area contributed by atoms with E-state index in [1.54, 1.807) is 44.6 Å². The van der Waals surface area contributed by atoms with Gasteiger partial charge in [0.1, 0.15) is 23.4 Å². The van der Waals surface area contributed by atoms with Crippen LogP contribution in [-0.4, -0.2) is 58.9 Å². The van der Waals surface area contributed by atoms with Crippen LogP contribution in [-0.2, 0) is 26.4 Å². The summed E-state index contributed by atoms with van der Waals surface area (Å²) in [6, 6.07) is 21.7. The fourth-order valence-corrected chi connectivity index (χ4v) is 6.95. The number of methoxy groups -OCH3 is 2. The van der Waals surface area contributed by atoms with Crippen molar-refractivity contribution in [3.05, 3.63) is 106 Å². The van der Waals surface area contributed by atoms with Gasteiger partial charge in [-0.15, -0.1) is 0 Å². The Labute approximate surface area is 332 Å². The zero-order valence-corrected chi connectivity index (χ0v) is 32.4. The number of benzene rings is 4. The average molecular weight is 782 g/mol. The predicted octanol–water partition coefficient (Wildman–Crippen LogP) is 7.04. The molecular formula is C44H51N3O10. The number of carbonyl (C=O) groups is 1.